The van der Waals surface area contributed by atoms with E-state index in [4.69, 9.17) is 16.3 Å². The summed E-state index contributed by atoms with van der Waals surface area (Å²) in [5.74, 6) is 0.0145. The predicted octanol–water partition coefficient (Wildman–Crippen LogP) is 3.64. The Morgan fingerprint density at radius 1 is 1.33 bits per heavy atom. The van der Waals surface area contributed by atoms with E-state index < -0.39 is 0 Å². The van der Waals surface area contributed by atoms with Crippen LogP contribution in [0.2, 0.25) is 5.02 Å². The number of hydrogen-bond donors (Lipinski definition) is 1. The molecule has 0 aliphatic carbocycles. The van der Waals surface area contributed by atoms with Crippen LogP contribution in [0.3, 0.4) is 0 Å². The van der Waals surface area contributed by atoms with E-state index in [0.29, 0.717) is 18.2 Å². The van der Waals surface area contributed by atoms with Gasteiger partial charge in [0, 0.05) is 16.5 Å². The average Bonchev–Trinajstić information content (AvgIpc) is 3.19. The van der Waals surface area contributed by atoms with Gasteiger partial charge < -0.3 is 10.1 Å². The maximum absolute atomic E-state index is 12.4. The number of hydrogen-bond acceptors (Lipinski definition) is 3. The highest BCUT2D eigenvalue weighted by molar-refractivity contribution is 7.10. The maximum atomic E-state index is 12.4. The Bertz CT molecular complexity index is 591. The van der Waals surface area contributed by atoms with Gasteiger partial charge in [0.25, 0.3) is 0 Å². The first-order chi connectivity index (χ1) is 10.2. The van der Waals surface area contributed by atoms with Gasteiger partial charge in [-0.1, -0.05) is 29.8 Å². The van der Waals surface area contributed by atoms with Crippen LogP contribution in [0, 0.1) is 5.92 Å². The highest BCUT2D eigenvalue weighted by Gasteiger charge is 2.26. The number of amides is 1. The van der Waals surface area contributed by atoms with Crippen LogP contribution in [0.15, 0.2) is 41.8 Å². The first-order valence-corrected chi connectivity index (χ1v) is 8.17. The number of carbonyl (C=O) groups is 1. The zero-order chi connectivity index (χ0) is 14.7. The van der Waals surface area contributed by atoms with Gasteiger partial charge in [-0.15, -0.1) is 11.3 Å². The van der Waals surface area contributed by atoms with Crippen molar-refractivity contribution in [1.82, 2.24) is 5.32 Å². The van der Waals surface area contributed by atoms with Crippen molar-refractivity contribution in [2.75, 3.05) is 13.2 Å². The van der Waals surface area contributed by atoms with E-state index in [2.05, 4.69) is 5.32 Å². The summed E-state index contributed by atoms with van der Waals surface area (Å²) in [6, 6.07) is 11.5. The van der Waals surface area contributed by atoms with E-state index >= 15 is 0 Å². The molecule has 1 aromatic heterocycles. The third-order valence-corrected chi connectivity index (χ3v) is 4.81. The minimum absolute atomic E-state index is 0.0419. The van der Waals surface area contributed by atoms with Crippen LogP contribution in [-0.2, 0) is 9.53 Å². The molecule has 21 heavy (non-hydrogen) atoms. The lowest BCUT2D eigenvalue weighted by atomic mass is 10.0. The third-order valence-electron chi connectivity index (χ3n) is 3.62. The summed E-state index contributed by atoms with van der Waals surface area (Å²) in [4.78, 5) is 13.5. The largest absolute Gasteiger partial charge is 0.381 e. The maximum Gasteiger partial charge on any atom is 0.226 e. The van der Waals surface area contributed by atoms with Crippen molar-refractivity contribution >= 4 is 28.8 Å². The molecule has 0 saturated carbocycles. The molecule has 1 N–H and O–H groups in total. The molecular formula is C16H16ClNO2S. The molecule has 2 atom stereocenters. The Hall–Kier alpha value is -1.36. The first-order valence-electron chi connectivity index (χ1n) is 6.91. The van der Waals surface area contributed by atoms with E-state index in [1.807, 2.05) is 41.8 Å². The lowest BCUT2D eigenvalue weighted by Gasteiger charge is -2.20. The zero-order valence-electron chi connectivity index (χ0n) is 11.4. The number of carbonyl (C=O) groups excluding carboxylic acids is 1. The molecule has 1 aromatic carbocycles. The number of rotatable bonds is 4. The summed E-state index contributed by atoms with van der Waals surface area (Å²) < 4.78 is 5.30. The minimum Gasteiger partial charge on any atom is -0.381 e. The summed E-state index contributed by atoms with van der Waals surface area (Å²) >= 11 is 7.58. The minimum atomic E-state index is -0.129. The fourth-order valence-corrected chi connectivity index (χ4v) is 3.36. The molecule has 5 heteroatoms. The van der Waals surface area contributed by atoms with E-state index in [9.17, 15) is 4.79 Å². The van der Waals surface area contributed by atoms with Gasteiger partial charge in [-0.2, -0.15) is 0 Å². The topological polar surface area (TPSA) is 38.3 Å². The Kier molecular flexibility index (Phi) is 4.58. The van der Waals surface area contributed by atoms with Gasteiger partial charge in [-0.25, -0.2) is 0 Å². The molecule has 0 radical (unpaired) electrons. The summed E-state index contributed by atoms with van der Waals surface area (Å²) in [6.45, 7) is 1.19. The smallest absolute Gasteiger partial charge is 0.226 e. The Balaban J connectivity index is 1.82. The summed E-state index contributed by atoms with van der Waals surface area (Å²) in [5, 5.41) is 5.86. The van der Waals surface area contributed by atoms with Crippen LogP contribution >= 0.6 is 22.9 Å². The van der Waals surface area contributed by atoms with E-state index in [1.54, 1.807) is 11.3 Å². The van der Waals surface area contributed by atoms with Crippen LogP contribution in [-0.4, -0.2) is 19.1 Å². The van der Waals surface area contributed by atoms with Crippen molar-refractivity contribution in [3.05, 3.63) is 57.2 Å². The SMILES string of the molecule is O=C(N[C@H](c1ccc(Cl)cc1)c1cccs1)[C@@H]1CCOC1. The predicted molar refractivity (Wildman–Crippen MR) is 84.7 cm³/mol. The lowest BCUT2D eigenvalue weighted by Crippen LogP contribution is -2.34. The van der Waals surface area contributed by atoms with E-state index in [1.165, 1.54) is 0 Å². The molecule has 3 nitrogen and oxygen atoms in total. The fourth-order valence-electron chi connectivity index (χ4n) is 2.43. The molecule has 110 valence electrons. The van der Waals surface area contributed by atoms with Gasteiger partial charge in [-0.05, 0) is 35.6 Å². The molecule has 1 fully saturated rings. The molecule has 1 saturated heterocycles. The number of halogens is 1. The van der Waals surface area contributed by atoms with Crippen molar-refractivity contribution in [1.29, 1.82) is 0 Å². The van der Waals surface area contributed by atoms with Crippen LogP contribution in [0.5, 0.6) is 0 Å². The molecule has 0 bridgehead atoms. The van der Waals surface area contributed by atoms with Crippen molar-refractivity contribution in [2.24, 2.45) is 5.92 Å². The molecule has 1 aliphatic rings. The van der Waals surface area contributed by atoms with Gasteiger partial charge in [-0.3, -0.25) is 4.79 Å². The van der Waals surface area contributed by atoms with Crippen LogP contribution in [0.1, 0.15) is 22.9 Å². The van der Waals surface area contributed by atoms with E-state index in [-0.39, 0.29) is 17.9 Å². The second-order valence-corrected chi connectivity index (χ2v) is 6.48. The fraction of sp³-hybridized carbons (Fsp3) is 0.312. The molecule has 0 unspecified atom stereocenters. The number of benzene rings is 1. The van der Waals surface area contributed by atoms with Gasteiger partial charge in [0.15, 0.2) is 0 Å². The summed E-state index contributed by atoms with van der Waals surface area (Å²) in [5.41, 5.74) is 1.04. The number of nitrogens with one attached hydrogen (secondary N) is 1. The van der Waals surface area contributed by atoms with Crippen molar-refractivity contribution in [3.63, 3.8) is 0 Å². The highest BCUT2D eigenvalue weighted by Crippen LogP contribution is 2.28. The first kappa shape index (κ1) is 14.6. The standard InChI is InChI=1S/C16H16ClNO2S/c17-13-5-3-11(4-6-13)15(14-2-1-9-21-14)18-16(19)12-7-8-20-10-12/h1-6,9,12,15H,7-8,10H2,(H,18,19)/t12-,15-/m1/s1. The molecule has 2 aromatic rings. The van der Waals surface area contributed by atoms with Gasteiger partial charge in [0.1, 0.15) is 0 Å². The third kappa shape index (κ3) is 3.46. The highest BCUT2D eigenvalue weighted by atomic mass is 35.5. The molecule has 0 spiro atoms. The monoisotopic (exact) mass is 321 g/mol. The van der Waals surface area contributed by atoms with Gasteiger partial charge in [0.05, 0.1) is 18.6 Å². The summed E-state index contributed by atoms with van der Waals surface area (Å²) in [7, 11) is 0. The molecule has 2 heterocycles. The molecule has 1 aliphatic heterocycles. The lowest BCUT2D eigenvalue weighted by molar-refractivity contribution is -0.125. The molecule has 3 rings (SSSR count). The number of ether oxygens (including phenoxy) is 1. The van der Waals surface area contributed by atoms with Crippen LogP contribution in [0.4, 0.5) is 0 Å². The average molecular weight is 322 g/mol. The second-order valence-electron chi connectivity index (χ2n) is 5.07. The summed E-state index contributed by atoms with van der Waals surface area (Å²) in [6.07, 6.45) is 0.795. The zero-order valence-corrected chi connectivity index (χ0v) is 13.0. The quantitative estimate of drug-likeness (QED) is 0.933. The molecule has 1 amide bonds. The van der Waals surface area contributed by atoms with Crippen molar-refractivity contribution < 1.29 is 9.53 Å². The normalized spacial score (nSPS) is 19.4. The van der Waals surface area contributed by atoms with E-state index in [0.717, 1.165) is 16.9 Å². The Morgan fingerprint density at radius 2 is 2.14 bits per heavy atom. The van der Waals surface area contributed by atoms with Gasteiger partial charge in [0.2, 0.25) is 5.91 Å². The van der Waals surface area contributed by atoms with Crippen LogP contribution < -0.4 is 5.32 Å². The Morgan fingerprint density at radius 3 is 2.76 bits per heavy atom. The van der Waals surface area contributed by atoms with Gasteiger partial charge >= 0.3 is 0 Å². The number of thiophene rings is 1. The molecular weight excluding hydrogens is 306 g/mol. The van der Waals surface area contributed by atoms with Crippen molar-refractivity contribution in [3.8, 4) is 0 Å². The van der Waals surface area contributed by atoms with Crippen LogP contribution in [0.25, 0.3) is 0 Å². The second kappa shape index (κ2) is 6.60. The van der Waals surface area contributed by atoms with Crippen molar-refractivity contribution in [2.45, 2.75) is 12.5 Å². The Labute approximate surface area is 132 Å².